The Balaban J connectivity index is 1.79. The third-order valence-corrected chi connectivity index (χ3v) is 5.71. The molecule has 1 aliphatic heterocycles. The van der Waals surface area contributed by atoms with E-state index in [0.717, 1.165) is 5.69 Å². The van der Waals surface area contributed by atoms with E-state index in [2.05, 4.69) is 10.4 Å². The van der Waals surface area contributed by atoms with Gasteiger partial charge in [-0.25, -0.2) is 8.42 Å². The summed E-state index contributed by atoms with van der Waals surface area (Å²) >= 11 is 0. The molecule has 0 aliphatic carbocycles. The Morgan fingerprint density at radius 1 is 1.42 bits per heavy atom. The molecule has 24 heavy (non-hydrogen) atoms. The van der Waals surface area contributed by atoms with Gasteiger partial charge in [0.05, 0.1) is 29.2 Å². The first-order valence-corrected chi connectivity index (χ1v) is 9.28. The molecule has 3 rings (SSSR count). The fraction of sp³-hybridized carbons (Fsp3) is 0.312. The quantitative estimate of drug-likeness (QED) is 0.912. The molecule has 1 fully saturated rings. The Labute approximate surface area is 139 Å². The van der Waals surface area contributed by atoms with Crippen LogP contribution in [0.2, 0.25) is 0 Å². The zero-order chi connectivity index (χ0) is 17.3. The van der Waals surface area contributed by atoms with Crippen molar-refractivity contribution in [2.75, 3.05) is 16.8 Å². The van der Waals surface area contributed by atoms with Crippen LogP contribution in [0, 0.1) is 18.3 Å². The molecule has 1 aromatic carbocycles. The van der Waals surface area contributed by atoms with Gasteiger partial charge in [-0.3, -0.25) is 9.48 Å². The molecule has 2 heterocycles. The number of benzene rings is 1. The third kappa shape index (κ3) is 3.31. The van der Waals surface area contributed by atoms with Crippen LogP contribution in [0.5, 0.6) is 0 Å². The number of nitriles is 1. The lowest BCUT2D eigenvalue weighted by Gasteiger charge is -2.10. The zero-order valence-corrected chi connectivity index (χ0v) is 13.9. The van der Waals surface area contributed by atoms with Gasteiger partial charge in [-0.15, -0.1) is 0 Å². The summed E-state index contributed by atoms with van der Waals surface area (Å²) in [5.74, 6) is -0.187. The number of hydrogen-bond acceptors (Lipinski definition) is 5. The average Bonchev–Trinajstić information content (AvgIpc) is 3.10. The molecule has 0 bridgehead atoms. The van der Waals surface area contributed by atoms with E-state index in [0.29, 0.717) is 17.7 Å². The van der Waals surface area contributed by atoms with Crippen LogP contribution in [0.15, 0.2) is 30.3 Å². The topological polar surface area (TPSA) is 105 Å². The molecule has 1 aliphatic rings. The molecule has 2 aromatic rings. The number of aromatic nitrogens is 2. The van der Waals surface area contributed by atoms with Crippen LogP contribution in [0.1, 0.15) is 34.2 Å². The minimum atomic E-state index is -3.02. The van der Waals surface area contributed by atoms with Crippen LogP contribution in [-0.2, 0) is 9.84 Å². The number of rotatable bonds is 3. The lowest BCUT2D eigenvalue weighted by atomic mass is 10.2. The summed E-state index contributed by atoms with van der Waals surface area (Å²) in [4.78, 5) is 12.3. The summed E-state index contributed by atoms with van der Waals surface area (Å²) < 4.78 is 24.9. The Bertz CT molecular complexity index is 940. The van der Waals surface area contributed by atoms with Gasteiger partial charge in [0.2, 0.25) is 0 Å². The molecule has 124 valence electrons. The fourth-order valence-corrected chi connectivity index (χ4v) is 4.49. The SMILES string of the molecule is Cc1cc(C(=O)Nc2cccc(C#N)c2)nn1C1CCS(=O)(=O)C1. The average molecular weight is 344 g/mol. The monoisotopic (exact) mass is 344 g/mol. The summed E-state index contributed by atoms with van der Waals surface area (Å²) in [5.41, 5.74) is 1.92. The van der Waals surface area contributed by atoms with Gasteiger partial charge in [-0.1, -0.05) is 6.07 Å². The first kappa shape index (κ1) is 16.2. The van der Waals surface area contributed by atoms with Gasteiger partial charge in [0.25, 0.3) is 5.91 Å². The van der Waals surface area contributed by atoms with Crippen molar-refractivity contribution in [1.82, 2.24) is 9.78 Å². The van der Waals surface area contributed by atoms with Crippen molar-refractivity contribution in [1.29, 1.82) is 5.26 Å². The van der Waals surface area contributed by atoms with E-state index < -0.39 is 15.7 Å². The number of hydrogen-bond donors (Lipinski definition) is 1. The standard InChI is InChI=1S/C16H16N4O3S/c1-11-7-15(19-20(11)14-5-6-24(22,23)10-14)16(21)18-13-4-2-3-12(8-13)9-17/h2-4,7-8,14H,5-6,10H2,1H3,(H,18,21). The molecule has 0 radical (unpaired) electrons. The minimum Gasteiger partial charge on any atom is -0.321 e. The van der Waals surface area contributed by atoms with Crippen molar-refractivity contribution < 1.29 is 13.2 Å². The van der Waals surface area contributed by atoms with Gasteiger partial charge in [0, 0.05) is 11.4 Å². The number of nitrogens with zero attached hydrogens (tertiary/aromatic N) is 3. The molecule has 1 N–H and O–H groups in total. The van der Waals surface area contributed by atoms with E-state index in [1.807, 2.05) is 6.07 Å². The Morgan fingerprint density at radius 2 is 2.21 bits per heavy atom. The third-order valence-electron chi connectivity index (χ3n) is 3.96. The van der Waals surface area contributed by atoms with Crippen molar-refractivity contribution in [3.05, 3.63) is 47.3 Å². The zero-order valence-electron chi connectivity index (χ0n) is 13.1. The number of nitrogens with one attached hydrogen (secondary N) is 1. The molecule has 1 atom stereocenters. The molecule has 7 nitrogen and oxygen atoms in total. The van der Waals surface area contributed by atoms with Crippen LogP contribution in [0.25, 0.3) is 0 Å². The van der Waals surface area contributed by atoms with Gasteiger partial charge in [-0.05, 0) is 37.6 Å². The second-order valence-electron chi connectivity index (χ2n) is 5.82. The van der Waals surface area contributed by atoms with Crippen molar-refractivity contribution in [3.63, 3.8) is 0 Å². The van der Waals surface area contributed by atoms with Gasteiger partial charge >= 0.3 is 0 Å². The largest absolute Gasteiger partial charge is 0.321 e. The molecule has 0 spiro atoms. The number of carbonyl (C=O) groups excluding carboxylic acids is 1. The fourth-order valence-electron chi connectivity index (χ4n) is 2.80. The van der Waals surface area contributed by atoms with Crippen LogP contribution in [0.3, 0.4) is 0 Å². The van der Waals surface area contributed by atoms with Gasteiger partial charge in [0.15, 0.2) is 15.5 Å². The molecule has 1 saturated heterocycles. The van der Waals surface area contributed by atoms with E-state index in [9.17, 15) is 13.2 Å². The van der Waals surface area contributed by atoms with E-state index in [1.54, 1.807) is 41.9 Å². The van der Waals surface area contributed by atoms with Crippen molar-refractivity contribution in [2.45, 2.75) is 19.4 Å². The summed E-state index contributed by atoms with van der Waals surface area (Å²) in [6.07, 6.45) is 0.510. The maximum Gasteiger partial charge on any atom is 0.276 e. The number of anilines is 1. The molecule has 8 heteroatoms. The van der Waals surface area contributed by atoms with Crippen LogP contribution in [0.4, 0.5) is 5.69 Å². The highest BCUT2D eigenvalue weighted by Gasteiger charge is 2.31. The number of amides is 1. The van der Waals surface area contributed by atoms with Crippen molar-refractivity contribution in [3.8, 4) is 6.07 Å². The summed E-state index contributed by atoms with van der Waals surface area (Å²) in [6.45, 7) is 1.80. The Kier molecular flexibility index (Phi) is 4.11. The first-order chi connectivity index (χ1) is 11.4. The predicted molar refractivity (Wildman–Crippen MR) is 88.4 cm³/mol. The smallest absolute Gasteiger partial charge is 0.276 e. The highest BCUT2D eigenvalue weighted by molar-refractivity contribution is 7.91. The van der Waals surface area contributed by atoms with E-state index in [4.69, 9.17) is 5.26 Å². The Morgan fingerprint density at radius 3 is 2.88 bits per heavy atom. The normalized spacial score (nSPS) is 18.9. The summed E-state index contributed by atoms with van der Waals surface area (Å²) in [7, 11) is -3.02. The van der Waals surface area contributed by atoms with Crippen LogP contribution < -0.4 is 5.32 Å². The number of carbonyl (C=O) groups is 1. The maximum absolute atomic E-state index is 12.3. The molecular formula is C16H16N4O3S. The second-order valence-corrected chi connectivity index (χ2v) is 8.05. The Hall–Kier alpha value is -2.66. The minimum absolute atomic E-state index is 0.0563. The summed E-state index contributed by atoms with van der Waals surface area (Å²) in [5, 5.41) is 15.9. The highest BCUT2D eigenvalue weighted by atomic mass is 32.2. The molecule has 1 aromatic heterocycles. The summed E-state index contributed by atoms with van der Waals surface area (Å²) in [6, 6.07) is 10.0. The first-order valence-electron chi connectivity index (χ1n) is 7.46. The van der Waals surface area contributed by atoms with Gasteiger partial charge in [0.1, 0.15) is 0 Å². The van der Waals surface area contributed by atoms with Crippen molar-refractivity contribution in [2.24, 2.45) is 0 Å². The van der Waals surface area contributed by atoms with Crippen LogP contribution in [-0.4, -0.2) is 35.6 Å². The van der Waals surface area contributed by atoms with Gasteiger partial charge in [-0.2, -0.15) is 10.4 Å². The highest BCUT2D eigenvalue weighted by Crippen LogP contribution is 2.25. The van der Waals surface area contributed by atoms with E-state index in [-0.39, 0.29) is 23.2 Å². The molecular weight excluding hydrogens is 328 g/mol. The predicted octanol–water partition coefficient (Wildman–Crippen LogP) is 1.68. The maximum atomic E-state index is 12.3. The molecule has 1 amide bonds. The second kappa shape index (κ2) is 6.09. The lowest BCUT2D eigenvalue weighted by Crippen LogP contribution is -2.16. The van der Waals surface area contributed by atoms with Crippen molar-refractivity contribution >= 4 is 21.4 Å². The molecule has 1 unspecified atom stereocenters. The van der Waals surface area contributed by atoms with Crippen LogP contribution >= 0.6 is 0 Å². The van der Waals surface area contributed by atoms with E-state index >= 15 is 0 Å². The lowest BCUT2D eigenvalue weighted by molar-refractivity contribution is 0.102. The number of aryl methyl sites for hydroxylation is 1. The van der Waals surface area contributed by atoms with Gasteiger partial charge < -0.3 is 5.32 Å². The molecule has 0 saturated carbocycles. The van der Waals surface area contributed by atoms with E-state index in [1.165, 1.54) is 0 Å². The number of sulfone groups is 1.